The minimum Gasteiger partial charge on any atom is -0.243 e. The minimum absolute atomic E-state index is 0.729. The van der Waals surface area contributed by atoms with Crippen molar-refractivity contribution in [2.24, 2.45) is 5.92 Å². The van der Waals surface area contributed by atoms with E-state index in [2.05, 4.69) is 64.1 Å². The van der Waals surface area contributed by atoms with Crippen molar-refractivity contribution in [3.05, 3.63) is 35.4 Å². The molecule has 1 aromatic carbocycles. The van der Waals surface area contributed by atoms with E-state index in [0.717, 1.165) is 18.4 Å². The first kappa shape index (κ1) is 11.4. The van der Waals surface area contributed by atoms with E-state index in [1.807, 2.05) is 0 Å². The van der Waals surface area contributed by atoms with Crippen LogP contribution < -0.4 is 0 Å². The topological polar surface area (TPSA) is 3.24 Å². The summed E-state index contributed by atoms with van der Waals surface area (Å²) in [6.45, 7) is 6.94. The van der Waals surface area contributed by atoms with Crippen LogP contribution in [0.1, 0.15) is 37.3 Å². The van der Waals surface area contributed by atoms with E-state index < -0.39 is 0 Å². The third-order valence-electron chi connectivity index (χ3n) is 3.01. The van der Waals surface area contributed by atoms with E-state index in [0.29, 0.717) is 0 Å². The quantitative estimate of drug-likeness (QED) is 0.589. The van der Waals surface area contributed by atoms with Crippen LogP contribution in [-0.2, 0) is 6.54 Å². The smallest absolute Gasteiger partial charge is 0.0335 e. The predicted octanol–water partition coefficient (Wildman–Crippen LogP) is 3.98. The van der Waals surface area contributed by atoms with Gasteiger partial charge in [0.2, 0.25) is 0 Å². The lowest BCUT2D eigenvalue weighted by atomic mass is 9.85. The van der Waals surface area contributed by atoms with Crippen molar-refractivity contribution < 1.29 is 0 Å². The largest absolute Gasteiger partial charge is 0.243 e. The Labute approximate surface area is 106 Å². The molecular weight excluding hydrogens is 297 g/mol. The first-order valence-corrected chi connectivity index (χ1v) is 6.62. The highest BCUT2D eigenvalue weighted by Crippen LogP contribution is 2.33. The fraction of sp³-hybridized carbons (Fsp3) is 0.538. The van der Waals surface area contributed by atoms with E-state index in [1.165, 1.54) is 18.5 Å². The molecule has 1 nitrogen and oxygen atoms in total. The van der Waals surface area contributed by atoms with Gasteiger partial charge in [-0.1, -0.05) is 38.1 Å². The fourth-order valence-corrected chi connectivity index (χ4v) is 3.28. The van der Waals surface area contributed by atoms with Crippen LogP contribution in [0.5, 0.6) is 0 Å². The Bertz CT molecular complexity index is 335. The summed E-state index contributed by atoms with van der Waals surface area (Å²) >= 11 is 2.45. The summed E-state index contributed by atoms with van der Waals surface area (Å²) in [4.78, 5) is 0. The van der Waals surface area contributed by atoms with Crippen molar-refractivity contribution in [1.82, 2.24) is 3.11 Å². The van der Waals surface area contributed by atoms with Crippen molar-refractivity contribution in [2.45, 2.75) is 32.7 Å². The van der Waals surface area contributed by atoms with Crippen molar-refractivity contribution in [2.75, 3.05) is 6.54 Å². The van der Waals surface area contributed by atoms with Crippen molar-refractivity contribution >= 4 is 22.9 Å². The lowest BCUT2D eigenvalue weighted by molar-refractivity contribution is 0.377. The lowest BCUT2D eigenvalue weighted by Gasteiger charge is -2.31. The van der Waals surface area contributed by atoms with Gasteiger partial charge in [-0.25, -0.2) is 3.11 Å². The lowest BCUT2D eigenvalue weighted by Crippen LogP contribution is -2.27. The molecule has 0 aliphatic carbocycles. The number of fused-ring (bicyclic) bond motifs is 1. The standard InChI is InChI=1S/C13H18IN/c1-10(2)7-12-9-15(14)8-11-5-3-4-6-13(11)12/h3-6,10,12H,7-9H2,1-2H3/t12-/m0/s1. The van der Waals surface area contributed by atoms with E-state index in [4.69, 9.17) is 0 Å². The molecule has 1 aliphatic heterocycles. The summed E-state index contributed by atoms with van der Waals surface area (Å²) in [6.07, 6.45) is 1.30. The van der Waals surface area contributed by atoms with Gasteiger partial charge in [0, 0.05) is 36.0 Å². The van der Waals surface area contributed by atoms with Gasteiger partial charge in [-0.15, -0.1) is 0 Å². The molecule has 1 aliphatic rings. The first-order chi connectivity index (χ1) is 7.16. The third-order valence-corrected chi connectivity index (χ3v) is 3.75. The Balaban J connectivity index is 2.26. The number of hydrogen-bond donors (Lipinski definition) is 0. The first-order valence-electron chi connectivity index (χ1n) is 5.65. The maximum atomic E-state index is 2.45. The molecule has 2 heteroatoms. The second-order valence-corrected chi connectivity index (χ2v) is 6.19. The van der Waals surface area contributed by atoms with Crippen LogP contribution in [0.25, 0.3) is 0 Å². The molecule has 1 heterocycles. The molecule has 0 spiro atoms. The van der Waals surface area contributed by atoms with Gasteiger partial charge in [-0.2, -0.15) is 0 Å². The van der Waals surface area contributed by atoms with Gasteiger partial charge in [-0.3, -0.25) is 0 Å². The average molecular weight is 315 g/mol. The molecular formula is C13H18IN. The normalized spacial score (nSPS) is 21.7. The maximum absolute atomic E-state index is 2.45. The second kappa shape index (κ2) is 4.83. The minimum atomic E-state index is 0.729. The van der Waals surface area contributed by atoms with Gasteiger partial charge < -0.3 is 0 Å². The summed E-state index contributed by atoms with van der Waals surface area (Å²) in [7, 11) is 0. The van der Waals surface area contributed by atoms with Crippen molar-refractivity contribution in [3.63, 3.8) is 0 Å². The molecule has 82 valence electrons. The summed E-state index contributed by atoms with van der Waals surface area (Å²) < 4.78 is 2.41. The van der Waals surface area contributed by atoms with Crippen LogP contribution in [0.2, 0.25) is 0 Å². The van der Waals surface area contributed by atoms with E-state index >= 15 is 0 Å². The van der Waals surface area contributed by atoms with Gasteiger partial charge >= 0.3 is 0 Å². The van der Waals surface area contributed by atoms with Crippen LogP contribution in [-0.4, -0.2) is 9.66 Å². The zero-order valence-electron chi connectivity index (χ0n) is 9.41. The second-order valence-electron chi connectivity index (χ2n) is 4.83. The summed E-state index contributed by atoms with van der Waals surface area (Å²) in [5.41, 5.74) is 3.10. The monoisotopic (exact) mass is 315 g/mol. The molecule has 0 amide bonds. The number of benzene rings is 1. The van der Waals surface area contributed by atoms with Crippen LogP contribution in [0.4, 0.5) is 0 Å². The molecule has 1 aromatic rings. The number of hydrogen-bond acceptors (Lipinski definition) is 1. The molecule has 0 N–H and O–H groups in total. The highest BCUT2D eigenvalue weighted by atomic mass is 127. The number of nitrogens with zero attached hydrogens (tertiary/aromatic N) is 1. The predicted molar refractivity (Wildman–Crippen MR) is 73.1 cm³/mol. The molecule has 0 unspecified atom stereocenters. The van der Waals surface area contributed by atoms with Crippen molar-refractivity contribution in [1.29, 1.82) is 0 Å². The third kappa shape index (κ3) is 2.72. The van der Waals surface area contributed by atoms with Crippen LogP contribution >= 0.6 is 22.9 Å². The van der Waals surface area contributed by atoms with Gasteiger partial charge in [0.1, 0.15) is 0 Å². The highest BCUT2D eigenvalue weighted by Gasteiger charge is 2.23. The SMILES string of the molecule is CC(C)C[C@H]1CN(I)Cc2ccccc21. The number of rotatable bonds is 2. The molecule has 2 rings (SSSR count). The number of halogens is 1. The molecule has 0 bridgehead atoms. The Morgan fingerprint density at radius 3 is 2.87 bits per heavy atom. The van der Waals surface area contributed by atoms with Crippen LogP contribution in [0.3, 0.4) is 0 Å². The molecule has 1 atom stereocenters. The molecule has 0 fully saturated rings. The van der Waals surface area contributed by atoms with Gasteiger partial charge in [-0.05, 0) is 29.4 Å². The molecule has 0 saturated carbocycles. The Morgan fingerprint density at radius 2 is 2.13 bits per heavy atom. The molecule has 0 aromatic heterocycles. The Hall–Kier alpha value is -0.0900. The molecule has 0 radical (unpaired) electrons. The fourth-order valence-electron chi connectivity index (χ4n) is 2.43. The van der Waals surface area contributed by atoms with E-state index in [1.54, 1.807) is 5.56 Å². The van der Waals surface area contributed by atoms with E-state index in [-0.39, 0.29) is 0 Å². The summed E-state index contributed by atoms with van der Waals surface area (Å²) in [5.74, 6) is 1.51. The average Bonchev–Trinajstić information content (AvgIpc) is 2.16. The molecule has 15 heavy (non-hydrogen) atoms. The van der Waals surface area contributed by atoms with Crippen LogP contribution in [0, 0.1) is 5.92 Å². The van der Waals surface area contributed by atoms with Crippen molar-refractivity contribution in [3.8, 4) is 0 Å². The maximum Gasteiger partial charge on any atom is 0.0335 e. The Kier molecular flexibility index (Phi) is 3.67. The summed E-state index contributed by atoms with van der Waals surface area (Å²) in [5, 5.41) is 0. The summed E-state index contributed by atoms with van der Waals surface area (Å²) in [6, 6.07) is 8.91. The van der Waals surface area contributed by atoms with Gasteiger partial charge in [0.15, 0.2) is 0 Å². The van der Waals surface area contributed by atoms with Gasteiger partial charge in [0.05, 0.1) is 0 Å². The van der Waals surface area contributed by atoms with Gasteiger partial charge in [0.25, 0.3) is 0 Å². The Morgan fingerprint density at radius 1 is 1.40 bits per heavy atom. The van der Waals surface area contributed by atoms with Crippen LogP contribution in [0.15, 0.2) is 24.3 Å². The zero-order chi connectivity index (χ0) is 10.8. The van der Waals surface area contributed by atoms with E-state index in [9.17, 15) is 0 Å². The highest BCUT2D eigenvalue weighted by molar-refractivity contribution is 14.1. The zero-order valence-corrected chi connectivity index (χ0v) is 11.6. The molecule has 0 saturated heterocycles.